The first kappa shape index (κ1) is 21.7. The number of hydrogen-bond acceptors (Lipinski definition) is 5. The van der Waals surface area contributed by atoms with E-state index < -0.39 is 31.3 Å². The third-order valence-corrected chi connectivity index (χ3v) is 14.2. The zero-order valence-corrected chi connectivity index (χ0v) is 19.2. The molecule has 0 radical (unpaired) electrons. The Morgan fingerprint density at radius 2 is 1.67 bits per heavy atom. The summed E-state index contributed by atoms with van der Waals surface area (Å²) in [7, 11) is -1.79. The van der Waals surface area contributed by atoms with E-state index in [1.807, 2.05) is 18.2 Å². The number of carbonyl (C=O) groups is 2. The Labute approximate surface area is 168 Å². The van der Waals surface area contributed by atoms with Gasteiger partial charge >= 0.3 is 169 Å². The molecule has 146 valence electrons. The topological polar surface area (TPSA) is 76.4 Å². The van der Waals surface area contributed by atoms with Gasteiger partial charge < -0.3 is 0 Å². The molecule has 0 aliphatic heterocycles. The molecule has 0 unspecified atom stereocenters. The van der Waals surface area contributed by atoms with E-state index in [0.717, 1.165) is 0 Å². The Kier molecular flexibility index (Phi) is 6.90. The first-order chi connectivity index (χ1) is 12.7. The third-order valence-electron chi connectivity index (χ3n) is 4.82. The number of nitrogens with zero attached hydrogens (tertiary/aromatic N) is 1. The molecule has 1 saturated carbocycles. The van der Waals surface area contributed by atoms with E-state index in [0.29, 0.717) is 0 Å². The van der Waals surface area contributed by atoms with Crippen LogP contribution < -0.4 is 4.46 Å². The van der Waals surface area contributed by atoms with Gasteiger partial charge in [0, 0.05) is 0 Å². The summed E-state index contributed by atoms with van der Waals surface area (Å²) in [6, 6.07) is 12.3. The summed E-state index contributed by atoms with van der Waals surface area (Å²) < 4.78 is 11.8. The monoisotopic (exact) mass is 453 g/mol. The van der Waals surface area contributed by atoms with Crippen LogP contribution in [-0.2, 0) is 19.1 Å². The second-order valence-electron chi connectivity index (χ2n) is 7.66. The molecule has 2 rings (SSSR count). The van der Waals surface area contributed by atoms with E-state index in [9.17, 15) is 14.9 Å². The number of nitriles is 1. The maximum atomic E-state index is 12.9. The number of rotatable bonds is 8. The van der Waals surface area contributed by atoms with Crippen LogP contribution in [0.25, 0.3) is 0 Å². The Hall–Kier alpha value is -1.61. The van der Waals surface area contributed by atoms with Gasteiger partial charge in [0.05, 0.1) is 0 Å². The first-order valence-electron chi connectivity index (χ1n) is 9.20. The zero-order chi connectivity index (χ0) is 20.2. The summed E-state index contributed by atoms with van der Waals surface area (Å²) in [4.78, 5) is 25.7. The fourth-order valence-electron chi connectivity index (χ4n) is 3.56. The molecule has 0 heterocycles. The molecule has 1 aromatic carbocycles. The Morgan fingerprint density at radius 3 is 2.07 bits per heavy atom. The summed E-state index contributed by atoms with van der Waals surface area (Å²) in [5.74, 6) is -2.23. The maximum absolute atomic E-state index is 12.9. The van der Waals surface area contributed by atoms with Crippen LogP contribution in [0.2, 0.25) is 24.1 Å². The molecule has 5 nitrogen and oxygen atoms in total. The molecule has 0 aromatic heterocycles. The summed E-state index contributed by atoms with van der Waals surface area (Å²) in [6.07, 6.45) is 0. The molecule has 1 aliphatic carbocycles. The molecule has 0 N–H and O–H groups in total. The fourth-order valence-corrected chi connectivity index (χ4v) is 10.7. The normalized spacial score (nSPS) is 21.6. The van der Waals surface area contributed by atoms with E-state index in [-0.39, 0.29) is 38.5 Å². The van der Waals surface area contributed by atoms with E-state index in [1.54, 1.807) is 13.8 Å². The van der Waals surface area contributed by atoms with Crippen molar-refractivity contribution in [1.29, 1.82) is 5.26 Å². The number of benzene rings is 1. The standard InChI is InChI=1S/C20H27NO4SeSi/c1-6-24-18(22)20(19(23)25-7-2)15(13-21)16(20)17(27(3,4)5)26-14-11-9-8-10-12-14/h8-12,15-17H,6-7H2,1-5H3/t15-,16-,17+/m1/s1. The van der Waals surface area contributed by atoms with Crippen molar-refractivity contribution in [1.82, 2.24) is 0 Å². The van der Waals surface area contributed by atoms with Gasteiger partial charge in [-0.3, -0.25) is 0 Å². The molecule has 0 amide bonds. The van der Waals surface area contributed by atoms with Crippen LogP contribution in [0.15, 0.2) is 30.3 Å². The second kappa shape index (κ2) is 8.60. The predicted molar refractivity (Wildman–Crippen MR) is 107 cm³/mol. The van der Waals surface area contributed by atoms with Gasteiger partial charge in [0.15, 0.2) is 0 Å². The molecule has 27 heavy (non-hydrogen) atoms. The van der Waals surface area contributed by atoms with Crippen LogP contribution in [0.4, 0.5) is 0 Å². The minimum atomic E-state index is -1.79. The average Bonchev–Trinajstić information content (AvgIpc) is 3.29. The van der Waals surface area contributed by atoms with Crippen molar-refractivity contribution < 1.29 is 19.1 Å². The number of ether oxygens (including phenoxy) is 2. The molecule has 1 aliphatic rings. The van der Waals surface area contributed by atoms with Crippen molar-refractivity contribution in [3.05, 3.63) is 30.3 Å². The Morgan fingerprint density at radius 1 is 1.15 bits per heavy atom. The summed E-state index contributed by atoms with van der Waals surface area (Å²) in [5.41, 5.74) is -1.47. The van der Waals surface area contributed by atoms with Gasteiger partial charge in [0.25, 0.3) is 0 Å². The van der Waals surface area contributed by atoms with Crippen molar-refractivity contribution in [3.8, 4) is 6.07 Å². The average molecular weight is 452 g/mol. The van der Waals surface area contributed by atoms with Crippen molar-refractivity contribution in [2.24, 2.45) is 17.3 Å². The van der Waals surface area contributed by atoms with Gasteiger partial charge in [-0.25, -0.2) is 0 Å². The van der Waals surface area contributed by atoms with Crippen LogP contribution in [-0.4, -0.2) is 48.2 Å². The van der Waals surface area contributed by atoms with Gasteiger partial charge in [-0.2, -0.15) is 0 Å². The van der Waals surface area contributed by atoms with Crippen molar-refractivity contribution >= 4 is 39.4 Å². The van der Waals surface area contributed by atoms with Crippen LogP contribution in [0.5, 0.6) is 0 Å². The fraction of sp³-hybridized carbons (Fsp3) is 0.550. The number of carbonyl (C=O) groups excluding carboxylic acids is 2. The van der Waals surface area contributed by atoms with Crippen molar-refractivity contribution in [2.75, 3.05) is 13.2 Å². The zero-order valence-electron chi connectivity index (χ0n) is 16.5. The minimum absolute atomic E-state index is 0.0479. The van der Waals surface area contributed by atoms with Crippen LogP contribution in [0, 0.1) is 28.6 Å². The molecule has 0 saturated heterocycles. The number of hydrogen-bond donors (Lipinski definition) is 0. The molecule has 1 aromatic rings. The second-order valence-corrected chi connectivity index (χ2v) is 16.5. The molecule has 0 bridgehead atoms. The molecular formula is C20H27NO4SeSi. The van der Waals surface area contributed by atoms with Gasteiger partial charge in [-0.05, 0) is 0 Å². The third kappa shape index (κ3) is 4.13. The van der Waals surface area contributed by atoms with Gasteiger partial charge in [0.2, 0.25) is 0 Å². The number of esters is 2. The molecule has 3 atom stereocenters. The quantitative estimate of drug-likeness (QED) is 0.344. The Balaban J connectivity index is 2.47. The summed E-state index contributed by atoms with van der Waals surface area (Å²) in [6.45, 7) is 10.5. The molecule has 7 heteroatoms. The van der Waals surface area contributed by atoms with Gasteiger partial charge in [-0.15, -0.1) is 0 Å². The van der Waals surface area contributed by atoms with Gasteiger partial charge in [-0.1, -0.05) is 0 Å². The van der Waals surface area contributed by atoms with E-state index in [1.165, 1.54) is 4.46 Å². The first-order valence-corrected chi connectivity index (χ1v) is 14.6. The SMILES string of the molecule is CCOC(=O)C1(C(=O)OCC)[C@@H]([C@@H]([Se]c2ccccc2)[Si](C)(C)C)[C@H]1C#N. The van der Waals surface area contributed by atoms with Gasteiger partial charge in [0.1, 0.15) is 0 Å². The van der Waals surface area contributed by atoms with E-state index >= 15 is 0 Å². The summed E-state index contributed by atoms with van der Waals surface area (Å²) >= 11 is 0.0479. The molecule has 0 spiro atoms. The van der Waals surface area contributed by atoms with E-state index in [2.05, 4.69) is 37.8 Å². The van der Waals surface area contributed by atoms with Crippen LogP contribution >= 0.6 is 0 Å². The van der Waals surface area contributed by atoms with Crippen LogP contribution in [0.1, 0.15) is 13.8 Å². The van der Waals surface area contributed by atoms with Crippen LogP contribution in [0.3, 0.4) is 0 Å². The van der Waals surface area contributed by atoms with E-state index in [4.69, 9.17) is 9.47 Å². The van der Waals surface area contributed by atoms with Crippen molar-refractivity contribution in [2.45, 2.75) is 37.9 Å². The Bertz CT molecular complexity index is 708. The molecular weight excluding hydrogens is 425 g/mol. The molecule has 1 fully saturated rings. The summed E-state index contributed by atoms with van der Waals surface area (Å²) in [5, 5.41) is 9.78. The van der Waals surface area contributed by atoms with Crippen molar-refractivity contribution in [3.63, 3.8) is 0 Å². The predicted octanol–water partition coefficient (Wildman–Crippen LogP) is 2.56.